The normalized spacial score (nSPS) is 14.0. The van der Waals surface area contributed by atoms with Crippen molar-refractivity contribution in [2.45, 2.75) is 36.4 Å². The van der Waals surface area contributed by atoms with Crippen molar-refractivity contribution in [2.24, 2.45) is 0 Å². The highest BCUT2D eigenvalue weighted by molar-refractivity contribution is 8.00. The van der Waals surface area contributed by atoms with Gasteiger partial charge in [-0.15, -0.1) is 11.8 Å². The number of piperidine rings is 1. The van der Waals surface area contributed by atoms with Crippen LogP contribution in [0.3, 0.4) is 0 Å². The van der Waals surface area contributed by atoms with E-state index in [0.717, 1.165) is 41.9 Å². The van der Waals surface area contributed by atoms with Gasteiger partial charge >= 0.3 is 6.18 Å². The van der Waals surface area contributed by atoms with Gasteiger partial charge in [-0.25, -0.2) is 0 Å². The maximum absolute atomic E-state index is 13.3. The van der Waals surface area contributed by atoms with E-state index in [-0.39, 0.29) is 17.6 Å². The number of benzene rings is 4. The second kappa shape index (κ2) is 14.5. The Morgan fingerprint density at radius 2 is 1.42 bits per heavy atom. The molecular formula is C35H32F3N3O3S. The summed E-state index contributed by atoms with van der Waals surface area (Å²) in [6, 6.07) is 26.9. The summed E-state index contributed by atoms with van der Waals surface area (Å²) in [4.78, 5) is 42.0. The van der Waals surface area contributed by atoms with E-state index < -0.39 is 23.7 Å². The Morgan fingerprint density at radius 3 is 2.09 bits per heavy atom. The number of rotatable bonds is 9. The number of hydrogen-bond acceptors (Lipinski definition) is 4. The summed E-state index contributed by atoms with van der Waals surface area (Å²) in [5.41, 5.74) is 1.82. The molecule has 1 aliphatic rings. The molecule has 1 unspecified atom stereocenters. The minimum absolute atomic E-state index is 0.0979. The molecule has 1 saturated heterocycles. The molecule has 1 aliphatic heterocycles. The molecule has 5 rings (SSSR count). The summed E-state index contributed by atoms with van der Waals surface area (Å²) < 4.78 is 39.0. The van der Waals surface area contributed by atoms with Crippen LogP contribution < -0.4 is 10.6 Å². The van der Waals surface area contributed by atoms with Gasteiger partial charge in [-0.05, 0) is 78.4 Å². The van der Waals surface area contributed by atoms with Crippen molar-refractivity contribution in [3.05, 3.63) is 120 Å². The van der Waals surface area contributed by atoms with Crippen LogP contribution in [0, 0.1) is 0 Å². The highest BCUT2D eigenvalue weighted by Crippen LogP contribution is 2.32. The predicted octanol–water partition coefficient (Wildman–Crippen LogP) is 7.59. The molecule has 0 bridgehead atoms. The molecular weight excluding hydrogens is 599 g/mol. The Balaban J connectivity index is 1.19. The van der Waals surface area contributed by atoms with Gasteiger partial charge in [-0.2, -0.15) is 13.2 Å². The molecule has 2 N–H and O–H groups in total. The smallest absolute Gasteiger partial charge is 0.341 e. The lowest BCUT2D eigenvalue weighted by atomic mass is 9.98. The molecule has 0 spiro atoms. The number of anilines is 1. The monoisotopic (exact) mass is 631 g/mol. The number of carbonyl (C=O) groups is 3. The van der Waals surface area contributed by atoms with E-state index >= 15 is 0 Å². The van der Waals surface area contributed by atoms with Gasteiger partial charge in [0.15, 0.2) is 0 Å². The molecule has 1 fully saturated rings. The highest BCUT2D eigenvalue weighted by Gasteiger charge is 2.30. The lowest BCUT2D eigenvalue weighted by molar-refractivity contribution is -0.137. The van der Waals surface area contributed by atoms with Gasteiger partial charge in [-0.3, -0.25) is 14.4 Å². The minimum atomic E-state index is -4.44. The molecule has 0 aromatic heterocycles. The zero-order valence-electron chi connectivity index (χ0n) is 24.3. The summed E-state index contributed by atoms with van der Waals surface area (Å²) >= 11 is 1.31. The number of thioether (sulfide) groups is 1. The molecule has 232 valence electrons. The van der Waals surface area contributed by atoms with Crippen LogP contribution in [0.1, 0.15) is 46.8 Å². The first-order valence-electron chi connectivity index (χ1n) is 14.6. The molecule has 1 heterocycles. The summed E-state index contributed by atoms with van der Waals surface area (Å²) in [7, 11) is 0. The minimum Gasteiger partial charge on any atom is -0.341 e. The predicted molar refractivity (Wildman–Crippen MR) is 170 cm³/mol. The number of carbonyl (C=O) groups excluding carboxylic acids is 3. The van der Waals surface area contributed by atoms with Gasteiger partial charge in [0.1, 0.15) is 6.04 Å². The van der Waals surface area contributed by atoms with Crippen LogP contribution >= 0.6 is 11.8 Å². The summed E-state index contributed by atoms with van der Waals surface area (Å²) in [5.74, 6) is -0.672. The lowest BCUT2D eigenvalue weighted by Crippen LogP contribution is -2.45. The van der Waals surface area contributed by atoms with E-state index in [1.165, 1.54) is 23.9 Å². The first-order valence-corrected chi connectivity index (χ1v) is 15.6. The molecule has 0 aliphatic carbocycles. The van der Waals surface area contributed by atoms with Crippen LogP contribution in [0.15, 0.2) is 108 Å². The maximum Gasteiger partial charge on any atom is 0.416 e. The van der Waals surface area contributed by atoms with Crippen LogP contribution in [-0.2, 0) is 15.8 Å². The number of halogens is 3. The number of alkyl halides is 3. The number of likely N-dealkylation sites (tertiary alicyclic amines) is 1. The first kappa shape index (κ1) is 31.8. The van der Waals surface area contributed by atoms with Gasteiger partial charge < -0.3 is 15.5 Å². The van der Waals surface area contributed by atoms with Crippen LogP contribution in [0.2, 0.25) is 0 Å². The van der Waals surface area contributed by atoms with E-state index in [1.54, 1.807) is 48.5 Å². The largest absolute Gasteiger partial charge is 0.416 e. The van der Waals surface area contributed by atoms with E-state index in [4.69, 9.17) is 0 Å². The summed E-state index contributed by atoms with van der Waals surface area (Å²) in [6.07, 6.45) is -1.43. The number of nitrogens with zero attached hydrogens (tertiary/aromatic N) is 1. The number of nitrogens with one attached hydrogen (secondary N) is 2. The van der Waals surface area contributed by atoms with Crippen molar-refractivity contribution in [3.63, 3.8) is 0 Å². The van der Waals surface area contributed by atoms with Gasteiger partial charge in [0, 0.05) is 29.2 Å². The number of amides is 3. The van der Waals surface area contributed by atoms with Crippen molar-refractivity contribution in [1.82, 2.24) is 10.2 Å². The Kier molecular flexibility index (Phi) is 10.2. The fourth-order valence-electron chi connectivity index (χ4n) is 5.19. The third-order valence-electron chi connectivity index (χ3n) is 7.53. The Hall–Kier alpha value is -4.57. The van der Waals surface area contributed by atoms with Crippen molar-refractivity contribution in [1.29, 1.82) is 0 Å². The molecule has 1 atom stereocenters. The topological polar surface area (TPSA) is 78.5 Å². The molecule has 10 heteroatoms. The quantitative estimate of drug-likeness (QED) is 0.187. The Morgan fingerprint density at radius 1 is 0.778 bits per heavy atom. The van der Waals surface area contributed by atoms with E-state index in [2.05, 4.69) is 10.6 Å². The molecule has 0 radical (unpaired) electrons. The van der Waals surface area contributed by atoms with Crippen LogP contribution in [0.25, 0.3) is 11.1 Å². The maximum atomic E-state index is 13.3. The average molecular weight is 632 g/mol. The van der Waals surface area contributed by atoms with E-state index in [0.29, 0.717) is 35.5 Å². The SMILES string of the molecule is O=C(CSc1ccc(NC(=O)c2ccccc2-c2ccc(C(F)(F)F)cc2)cc1)NC(C(=O)N1CCCCC1)c1ccccc1. The summed E-state index contributed by atoms with van der Waals surface area (Å²) in [6.45, 7) is 1.38. The fourth-order valence-corrected chi connectivity index (χ4v) is 5.90. The van der Waals surface area contributed by atoms with Gasteiger partial charge in [0.25, 0.3) is 5.91 Å². The Bertz CT molecular complexity index is 1620. The molecule has 6 nitrogen and oxygen atoms in total. The van der Waals surface area contributed by atoms with Crippen molar-refractivity contribution >= 4 is 35.2 Å². The highest BCUT2D eigenvalue weighted by atomic mass is 32.2. The zero-order valence-corrected chi connectivity index (χ0v) is 25.2. The van der Waals surface area contributed by atoms with Gasteiger partial charge in [0.2, 0.25) is 11.8 Å². The molecule has 45 heavy (non-hydrogen) atoms. The van der Waals surface area contributed by atoms with E-state index in [9.17, 15) is 27.6 Å². The molecule has 4 aromatic rings. The first-order chi connectivity index (χ1) is 21.7. The van der Waals surface area contributed by atoms with Gasteiger partial charge in [-0.1, -0.05) is 60.7 Å². The van der Waals surface area contributed by atoms with Crippen LogP contribution in [-0.4, -0.2) is 41.5 Å². The number of hydrogen-bond donors (Lipinski definition) is 2. The second-order valence-corrected chi connectivity index (χ2v) is 11.7. The van der Waals surface area contributed by atoms with Crippen LogP contribution in [0.5, 0.6) is 0 Å². The Labute approximate surface area is 264 Å². The molecule has 4 aromatic carbocycles. The molecule has 3 amide bonds. The van der Waals surface area contributed by atoms with Crippen molar-refractivity contribution in [3.8, 4) is 11.1 Å². The van der Waals surface area contributed by atoms with Gasteiger partial charge in [0.05, 0.1) is 11.3 Å². The van der Waals surface area contributed by atoms with Crippen molar-refractivity contribution in [2.75, 3.05) is 24.2 Å². The second-order valence-electron chi connectivity index (χ2n) is 10.7. The average Bonchev–Trinajstić information content (AvgIpc) is 3.07. The fraction of sp³-hybridized carbons (Fsp3) is 0.229. The van der Waals surface area contributed by atoms with Crippen molar-refractivity contribution < 1.29 is 27.6 Å². The molecule has 0 saturated carbocycles. The lowest BCUT2D eigenvalue weighted by Gasteiger charge is -2.31. The third kappa shape index (κ3) is 8.33. The zero-order chi connectivity index (χ0) is 31.8. The van der Waals surface area contributed by atoms with Crippen LogP contribution in [0.4, 0.5) is 18.9 Å². The summed E-state index contributed by atoms with van der Waals surface area (Å²) in [5, 5.41) is 5.76. The standard InChI is InChI=1S/C35H32F3N3O3S/c36-35(37,38)26-15-13-24(14-16-26)29-11-5-6-12-30(29)33(43)39-27-17-19-28(20-18-27)45-23-31(42)40-32(25-9-3-1-4-10-25)34(44)41-21-7-2-8-22-41/h1,3-6,9-20,32H,2,7-8,21-23H2,(H,39,43)(H,40,42). The van der Waals surface area contributed by atoms with E-state index in [1.807, 2.05) is 35.2 Å². The third-order valence-corrected chi connectivity index (χ3v) is 8.54.